The standard InChI is InChI=1S/C17H24FNO2/c1-17(2,3)11-14(12-6-8-13(18)9-7-12)19-16(20)15-5-4-10-21-15/h6-9,14-15H,4-5,10-11H2,1-3H3,(H,19,20)/t14-,15-/m0/s1. The molecule has 1 heterocycles. The minimum Gasteiger partial charge on any atom is -0.368 e. The number of carbonyl (C=O) groups excluding carboxylic acids is 1. The van der Waals surface area contributed by atoms with Crippen LogP contribution < -0.4 is 5.32 Å². The monoisotopic (exact) mass is 293 g/mol. The maximum Gasteiger partial charge on any atom is 0.249 e. The van der Waals surface area contributed by atoms with E-state index in [1.807, 2.05) is 0 Å². The van der Waals surface area contributed by atoms with Gasteiger partial charge in [-0.25, -0.2) is 4.39 Å². The summed E-state index contributed by atoms with van der Waals surface area (Å²) in [4.78, 5) is 12.3. The summed E-state index contributed by atoms with van der Waals surface area (Å²) < 4.78 is 18.5. The van der Waals surface area contributed by atoms with E-state index in [0.29, 0.717) is 6.61 Å². The molecule has 0 aromatic heterocycles. The number of amides is 1. The summed E-state index contributed by atoms with van der Waals surface area (Å²) in [5.41, 5.74) is 0.987. The number of halogens is 1. The zero-order valence-electron chi connectivity index (χ0n) is 13.0. The van der Waals surface area contributed by atoms with Crippen molar-refractivity contribution in [1.29, 1.82) is 0 Å². The van der Waals surface area contributed by atoms with Crippen molar-refractivity contribution < 1.29 is 13.9 Å². The zero-order valence-corrected chi connectivity index (χ0v) is 13.0. The highest BCUT2D eigenvalue weighted by molar-refractivity contribution is 5.81. The van der Waals surface area contributed by atoms with Gasteiger partial charge in [0.15, 0.2) is 0 Å². The van der Waals surface area contributed by atoms with Gasteiger partial charge in [-0.2, -0.15) is 0 Å². The number of rotatable bonds is 4. The van der Waals surface area contributed by atoms with Crippen molar-refractivity contribution >= 4 is 5.91 Å². The van der Waals surface area contributed by atoms with Gasteiger partial charge in [0.1, 0.15) is 11.9 Å². The van der Waals surface area contributed by atoms with Crippen LogP contribution in [0.5, 0.6) is 0 Å². The summed E-state index contributed by atoms with van der Waals surface area (Å²) in [6, 6.07) is 6.22. The number of ether oxygens (including phenoxy) is 1. The van der Waals surface area contributed by atoms with Gasteiger partial charge in [-0.3, -0.25) is 4.79 Å². The van der Waals surface area contributed by atoms with Crippen molar-refractivity contribution in [3.05, 3.63) is 35.6 Å². The maximum absolute atomic E-state index is 13.1. The average molecular weight is 293 g/mol. The molecule has 4 heteroatoms. The molecule has 0 saturated carbocycles. The van der Waals surface area contributed by atoms with E-state index in [0.717, 1.165) is 24.8 Å². The molecule has 0 unspecified atom stereocenters. The molecule has 1 aliphatic heterocycles. The molecule has 1 amide bonds. The second-order valence-corrected chi connectivity index (χ2v) is 6.88. The predicted molar refractivity (Wildman–Crippen MR) is 80.3 cm³/mol. The number of benzene rings is 1. The Hall–Kier alpha value is -1.42. The van der Waals surface area contributed by atoms with E-state index in [2.05, 4.69) is 26.1 Å². The summed E-state index contributed by atoms with van der Waals surface area (Å²) >= 11 is 0. The largest absolute Gasteiger partial charge is 0.368 e. The molecule has 116 valence electrons. The molecular weight excluding hydrogens is 269 g/mol. The third-order valence-electron chi connectivity index (χ3n) is 3.63. The fourth-order valence-corrected chi connectivity index (χ4v) is 2.61. The molecule has 0 aliphatic carbocycles. The van der Waals surface area contributed by atoms with Gasteiger partial charge in [-0.1, -0.05) is 32.9 Å². The summed E-state index contributed by atoms with van der Waals surface area (Å²) in [6.07, 6.45) is 2.15. The predicted octanol–water partition coefficient (Wildman–Crippen LogP) is 3.60. The van der Waals surface area contributed by atoms with Crippen molar-refractivity contribution in [3.63, 3.8) is 0 Å². The normalized spacial score (nSPS) is 20.3. The molecule has 2 rings (SSSR count). The first kappa shape index (κ1) is 16.0. The van der Waals surface area contributed by atoms with Crippen LogP contribution in [-0.2, 0) is 9.53 Å². The first-order valence-corrected chi connectivity index (χ1v) is 7.52. The minimum atomic E-state index is -0.340. The zero-order chi connectivity index (χ0) is 15.5. The number of hydrogen-bond acceptors (Lipinski definition) is 2. The van der Waals surface area contributed by atoms with Crippen LogP contribution in [0.3, 0.4) is 0 Å². The molecule has 1 saturated heterocycles. The second kappa shape index (κ2) is 6.56. The Morgan fingerprint density at radius 1 is 1.38 bits per heavy atom. The molecule has 21 heavy (non-hydrogen) atoms. The van der Waals surface area contributed by atoms with Crippen molar-refractivity contribution in [2.75, 3.05) is 6.61 Å². The number of hydrogen-bond donors (Lipinski definition) is 1. The molecule has 1 aromatic rings. The van der Waals surface area contributed by atoms with Crippen LogP contribution in [0.4, 0.5) is 4.39 Å². The molecular formula is C17H24FNO2. The lowest BCUT2D eigenvalue weighted by Crippen LogP contribution is -2.38. The Kier molecular flexibility index (Phi) is 4.99. The van der Waals surface area contributed by atoms with E-state index < -0.39 is 0 Å². The van der Waals surface area contributed by atoms with Crippen LogP contribution in [0.2, 0.25) is 0 Å². The molecule has 1 fully saturated rings. The number of nitrogens with one attached hydrogen (secondary N) is 1. The Bertz CT molecular complexity index is 473. The van der Waals surface area contributed by atoms with Gasteiger partial charge in [0, 0.05) is 6.61 Å². The summed E-state index contributed by atoms with van der Waals surface area (Å²) in [5.74, 6) is -0.329. The van der Waals surface area contributed by atoms with Crippen LogP contribution in [0.15, 0.2) is 24.3 Å². The lowest BCUT2D eigenvalue weighted by atomic mass is 9.85. The van der Waals surface area contributed by atoms with E-state index in [1.54, 1.807) is 12.1 Å². The summed E-state index contributed by atoms with van der Waals surface area (Å²) in [7, 11) is 0. The van der Waals surface area contributed by atoms with Crippen LogP contribution in [0.25, 0.3) is 0 Å². The third kappa shape index (κ3) is 4.81. The van der Waals surface area contributed by atoms with Gasteiger partial charge in [-0.15, -0.1) is 0 Å². The van der Waals surface area contributed by atoms with Gasteiger partial charge in [0.25, 0.3) is 0 Å². The number of carbonyl (C=O) groups is 1. The van der Waals surface area contributed by atoms with E-state index >= 15 is 0 Å². The van der Waals surface area contributed by atoms with Crippen LogP contribution >= 0.6 is 0 Å². The first-order valence-electron chi connectivity index (χ1n) is 7.52. The molecule has 1 aromatic carbocycles. The van der Waals surface area contributed by atoms with E-state index in [1.165, 1.54) is 12.1 Å². The molecule has 2 atom stereocenters. The third-order valence-corrected chi connectivity index (χ3v) is 3.63. The minimum absolute atomic E-state index is 0.0584. The molecule has 0 bridgehead atoms. The van der Waals surface area contributed by atoms with Crippen LogP contribution in [0.1, 0.15) is 51.6 Å². The van der Waals surface area contributed by atoms with Gasteiger partial charge in [-0.05, 0) is 42.4 Å². The maximum atomic E-state index is 13.1. The average Bonchev–Trinajstić information content (AvgIpc) is 2.91. The molecule has 0 radical (unpaired) electrons. The van der Waals surface area contributed by atoms with E-state index in [9.17, 15) is 9.18 Å². The molecule has 1 aliphatic rings. The lowest BCUT2D eigenvalue weighted by Gasteiger charge is -2.28. The van der Waals surface area contributed by atoms with Crippen molar-refractivity contribution in [2.24, 2.45) is 5.41 Å². The quantitative estimate of drug-likeness (QED) is 0.921. The van der Waals surface area contributed by atoms with Gasteiger partial charge >= 0.3 is 0 Å². The van der Waals surface area contributed by atoms with E-state index in [-0.39, 0.29) is 29.3 Å². The second-order valence-electron chi connectivity index (χ2n) is 6.88. The topological polar surface area (TPSA) is 38.3 Å². The summed E-state index contributed by atoms with van der Waals surface area (Å²) in [6.45, 7) is 7.03. The van der Waals surface area contributed by atoms with Gasteiger partial charge < -0.3 is 10.1 Å². The van der Waals surface area contributed by atoms with Crippen molar-refractivity contribution in [2.45, 2.75) is 52.2 Å². The highest BCUT2D eigenvalue weighted by Gasteiger charge is 2.28. The highest BCUT2D eigenvalue weighted by atomic mass is 19.1. The summed E-state index contributed by atoms with van der Waals surface area (Å²) in [5, 5.41) is 3.06. The first-order chi connectivity index (χ1) is 9.85. The van der Waals surface area contributed by atoms with Crippen molar-refractivity contribution in [1.82, 2.24) is 5.32 Å². The lowest BCUT2D eigenvalue weighted by molar-refractivity contribution is -0.131. The molecule has 3 nitrogen and oxygen atoms in total. The molecule has 0 spiro atoms. The van der Waals surface area contributed by atoms with Crippen LogP contribution in [0, 0.1) is 11.2 Å². The van der Waals surface area contributed by atoms with Gasteiger partial charge in [0.2, 0.25) is 5.91 Å². The van der Waals surface area contributed by atoms with Crippen molar-refractivity contribution in [3.8, 4) is 0 Å². The Labute approximate surface area is 125 Å². The smallest absolute Gasteiger partial charge is 0.249 e. The Balaban J connectivity index is 2.11. The fourth-order valence-electron chi connectivity index (χ4n) is 2.61. The van der Waals surface area contributed by atoms with Crippen LogP contribution in [-0.4, -0.2) is 18.6 Å². The molecule has 1 N–H and O–H groups in total. The Morgan fingerprint density at radius 2 is 2.05 bits per heavy atom. The van der Waals surface area contributed by atoms with Gasteiger partial charge in [0.05, 0.1) is 6.04 Å². The Morgan fingerprint density at radius 3 is 2.57 bits per heavy atom. The fraction of sp³-hybridized carbons (Fsp3) is 0.588. The SMILES string of the molecule is CC(C)(C)C[C@H](NC(=O)[C@@H]1CCCO1)c1ccc(F)cc1. The van der Waals surface area contributed by atoms with E-state index in [4.69, 9.17) is 4.74 Å². The highest BCUT2D eigenvalue weighted by Crippen LogP contribution is 2.30.